The molecule has 1 aromatic heterocycles. The molecule has 0 unspecified atom stereocenters. The molecule has 1 N–H and O–H groups in total. The number of furan rings is 1. The lowest BCUT2D eigenvalue weighted by molar-refractivity contribution is -0.189. The second kappa shape index (κ2) is 6.56. The minimum Gasteiger partial charge on any atom is -0.467 e. The normalized spacial score (nSPS) is 27.6. The van der Waals surface area contributed by atoms with Crippen molar-refractivity contribution in [3.05, 3.63) is 60.1 Å². The third-order valence-corrected chi connectivity index (χ3v) is 4.10. The van der Waals surface area contributed by atoms with Gasteiger partial charge in [0.2, 0.25) is 0 Å². The van der Waals surface area contributed by atoms with Crippen LogP contribution in [0.2, 0.25) is 0 Å². The van der Waals surface area contributed by atoms with Crippen molar-refractivity contribution >= 4 is 5.97 Å². The molecule has 2 aromatic rings. The highest BCUT2D eigenvalue weighted by Gasteiger charge is 2.45. The zero-order chi connectivity index (χ0) is 16.3. The molecular formula is C18H20O5. The van der Waals surface area contributed by atoms with E-state index in [1.165, 1.54) is 0 Å². The first-order valence-corrected chi connectivity index (χ1v) is 7.76. The highest BCUT2D eigenvalue weighted by molar-refractivity contribution is 5.75. The van der Waals surface area contributed by atoms with Crippen molar-refractivity contribution in [1.29, 1.82) is 0 Å². The summed E-state index contributed by atoms with van der Waals surface area (Å²) in [6, 6.07) is 12.9. The van der Waals surface area contributed by atoms with E-state index in [1.807, 2.05) is 30.3 Å². The molecule has 0 spiro atoms. The summed E-state index contributed by atoms with van der Waals surface area (Å²) in [5, 5.41) is 11.2. The maximum absolute atomic E-state index is 12.1. The highest BCUT2D eigenvalue weighted by Crippen LogP contribution is 2.43. The summed E-state index contributed by atoms with van der Waals surface area (Å²) in [5.41, 5.74) is -0.414. The van der Waals surface area contributed by atoms with Crippen molar-refractivity contribution in [2.75, 3.05) is 6.61 Å². The average Bonchev–Trinajstić information content (AvgIpc) is 3.10. The van der Waals surface area contributed by atoms with Crippen LogP contribution in [-0.2, 0) is 19.9 Å². The van der Waals surface area contributed by atoms with E-state index in [4.69, 9.17) is 13.9 Å². The topological polar surface area (TPSA) is 68.9 Å². The van der Waals surface area contributed by atoms with E-state index in [2.05, 4.69) is 0 Å². The second-order valence-electron chi connectivity index (χ2n) is 5.69. The molecule has 1 aliphatic heterocycles. The molecule has 1 fully saturated rings. The molecule has 3 atom stereocenters. The largest absolute Gasteiger partial charge is 0.467 e. The third kappa shape index (κ3) is 3.30. The molecule has 3 rings (SSSR count). The number of hydrogen-bond donors (Lipinski definition) is 1. The Bertz CT molecular complexity index is 637. The van der Waals surface area contributed by atoms with Crippen LogP contribution in [0.4, 0.5) is 0 Å². The Morgan fingerprint density at radius 2 is 2.04 bits per heavy atom. The quantitative estimate of drug-likeness (QED) is 0.878. The zero-order valence-corrected chi connectivity index (χ0v) is 13.0. The molecule has 23 heavy (non-hydrogen) atoms. The van der Waals surface area contributed by atoms with Crippen molar-refractivity contribution in [1.82, 2.24) is 0 Å². The van der Waals surface area contributed by atoms with Crippen LogP contribution < -0.4 is 0 Å². The van der Waals surface area contributed by atoms with Gasteiger partial charge in [0, 0.05) is 12.8 Å². The smallest absolute Gasteiger partial charge is 0.335 e. The van der Waals surface area contributed by atoms with Crippen LogP contribution in [0, 0.1) is 0 Å². The fraction of sp³-hybridized carbons (Fsp3) is 0.389. The molecule has 5 heteroatoms. The van der Waals surface area contributed by atoms with E-state index in [1.54, 1.807) is 25.3 Å². The van der Waals surface area contributed by atoms with Crippen molar-refractivity contribution in [3.8, 4) is 0 Å². The number of carbonyl (C=O) groups is 1. The second-order valence-corrected chi connectivity index (χ2v) is 5.69. The molecule has 2 heterocycles. The average molecular weight is 316 g/mol. The van der Waals surface area contributed by atoms with Gasteiger partial charge in [-0.1, -0.05) is 30.3 Å². The minimum absolute atomic E-state index is 0.160. The van der Waals surface area contributed by atoms with E-state index in [0.29, 0.717) is 12.2 Å². The van der Waals surface area contributed by atoms with Crippen LogP contribution >= 0.6 is 0 Å². The van der Waals surface area contributed by atoms with Gasteiger partial charge in [-0.05, 0) is 24.6 Å². The Kier molecular flexibility index (Phi) is 4.50. The Labute approximate surface area is 134 Å². The van der Waals surface area contributed by atoms with Gasteiger partial charge in [-0.3, -0.25) is 0 Å². The van der Waals surface area contributed by atoms with Gasteiger partial charge >= 0.3 is 5.97 Å². The monoisotopic (exact) mass is 316 g/mol. The van der Waals surface area contributed by atoms with Crippen molar-refractivity contribution in [2.24, 2.45) is 0 Å². The molecule has 122 valence electrons. The highest BCUT2D eigenvalue weighted by atomic mass is 16.6. The molecule has 1 aliphatic rings. The van der Waals surface area contributed by atoms with E-state index >= 15 is 0 Å². The van der Waals surface area contributed by atoms with Gasteiger partial charge in [0.1, 0.15) is 11.9 Å². The van der Waals surface area contributed by atoms with E-state index < -0.39 is 23.8 Å². The molecule has 0 saturated carbocycles. The Hall–Kier alpha value is -2.11. The van der Waals surface area contributed by atoms with Crippen LogP contribution in [0.5, 0.6) is 0 Å². The molecule has 5 nitrogen and oxygen atoms in total. The predicted molar refractivity (Wildman–Crippen MR) is 82.5 cm³/mol. The molecule has 0 radical (unpaired) electrons. The summed E-state index contributed by atoms with van der Waals surface area (Å²) in [5.74, 6) is 0.131. The lowest BCUT2D eigenvalue weighted by Gasteiger charge is -2.40. The van der Waals surface area contributed by atoms with E-state index in [-0.39, 0.29) is 13.0 Å². The fourth-order valence-electron chi connectivity index (χ4n) is 2.99. The van der Waals surface area contributed by atoms with Crippen LogP contribution in [-0.4, -0.2) is 23.8 Å². The number of esters is 1. The number of carbonyl (C=O) groups excluding carboxylic acids is 1. The lowest BCUT2D eigenvalue weighted by Crippen LogP contribution is -2.44. The molecule has 0 aliphatic carbocycles. The summed E-state index contributed by atoms with van der Waals surface area (Å²) < 4.78 is 16.3. The molecular weight excluding hydrogens is 296 g/mol. The zero-order valence-electron chi connectivity index (χ0n) is 13.0. The first-order chi connectivity index (χ1) is 11.1. The van der Waals surface area contributed by atoms with Crippen LogP contribution in [0.1, 0.15) is 37.2 Å². The number of ether oxygens (including phenoxy) is 2. The van der Waals surface area contributed by atoms with Gasteiger partial charge in [-0.2, -0.15) is 0 Å². The summed E-state index contributed by atoms with van der Waals surface area (Å²) in [4.78, 5) is 12.1. The van der Waals surface area contributed by atoms with Crippen LogP contribution in [0.25, 0.3) is 0 Å². The summed E-state index contributed by atoms with van der Waals surface area (Å²) in [6.07, 6.45) is 0.698. The van der Waals surface area contributed by atoms with Gasteiger partial charge in [0.15, 0.2) is 6.10 Å². The van der Waals surface area contributed by atoms with Gasteiger partial charge in [0.05, 0.1) is 18.5 Å². The van der Waals surface area contributed by atoms with Crippen LogP contribution in [0.3, 0.4) is 0 Å². The van der Waals surface area contributed by atoms with Crippen molar-refractivity contribution in [3.63, 3.8) is 0 Å². The summed E-state index contributed by atoms with van der Waals surface area (Å²) in [7, 11) is 0. The van der Waals surface area contributed by atoms with Crippen molar-refractivity contribution < 1.29 is 23.8 Å². The standard InChI is InChI=1S/C18H20O5/c1-2-21-17(19)16-12-18(20,13-7-4-3-5-8-13)11-15(23-16)14-9-6-10-22-14/h3-10,15-16,20H,2,11-12H2,1H3/t15-,16+,18+/m1/s1. The first kappa shape index (κ1) is 15.8. The SMILES string of the molecule is CCOC(=O)[C@@H]1C[C@](O)(c2ccccc2)C[C@H](c2ccco2)O1. The summed E-state index contributed by atoms with van der Waals surface area (Å²) in [6.45, 7) is 2.02. The maximum Gasteiger partial charge on any atom is 0.335 e. The third-order valence-electron chi connectivity index (χ3n) is 4.10. The molecule has 0 amide bonds. The number of rotatable bonds is 4. The van der Waals surface area contributed by atoms with Gasteiger partial charge < -0.3 is 19.0 Å². The fourth-order valence-corrected chi connectivity index (χ4v) is 2.99. The van der Waals surface area contributed by atoms with Gasteiger partial charge in [0.25, 0.3) is 0 Å². The van der Waals surface area contributed by atoms with Crippen LogP contribution in [0.15, 0.2) is 53.1 Å². The maximum atomic E-state index is 12.1. The molecule has 0 bridgehead atoms. The Morgan fingerprint density at radius 1 is 1.26 bits per heavy atom. The Balaban J connectivity index is 1.91. The number of benzene rings is 1. The van der Waals surface area contributed by atoms with Crippen molar-refractivity contribution in [2.45, 2.75) is 37.6 Å². The molecule has 1 saturated heterocycles. The Morgan fingerprint density at radius 3 is 2.70 bits per heavy atom. The van der Waals surface area contributed by atoms with E-state index in [9.17, 15) is 9.90 Å². The first-order valence-electron chi connectivity index (χ1n) is 7.76. The predicted octanol–water partition coefficient (Wildman–Crippen LogP) is 2.95. The molecule has 1 aromatic carbocycles. The minimum atomic E-state index is -1.17. The summed E-state index contributed by atoms with van der Waals surface area (Å²) >= 11 is 0. The number of hydrogen-bond acceptors (Lipinski definition) is 5. The number of aliphatic hydroxyl groups is 1. The van der Waals surface area contributed by atoms with Gasteiger partial charge in [-0.25, -0.2) is 4.79 Å². The van der Waals surface area contributed by atoms with Gasteiger partial charge in [-0.15, -0.1) is 0 Å². The van der Waals surface area contributed by atoms with E-state index in [0.717, 1.165) is 5.56 Å². The lowest BCUT2D eigenvalue weighted by atomic mass is 9.80.